The number of aliphatic hydroxyl groups is 1. The van der Waals surface area contributed by atoms with Crippen LogP contribution in [0.15, 0.2) is 66.2 Å². The summed E-state index contributed by atoms with van der Waals surface area (Å²) in [7, 11) is 0. The number of rotatable bonds is 33. The highest BCUT2D eigenvalue weighted by molar-refractivity contribution is 7.11. The Morgan fingerprint density at radius 2 is 1.55 bits per heavy atom. The minimum atomic E-state index is -1.98. The molecule has 0 spiro atoms. The highest BCUT2D eigenvalue weighted by atomic mass is 32.1. The zero-order valence-corrected chi connectivity index (χ0v) is 50.6. The number of nitrogens with one attached hydrogen (secondary N) is 3. The molecule has 6 N–H and O–H groups in total. The second-order valence-electron chi connectivity index (χ2n) is 23.9. The van der Waals surface area contributed by atoms with Crippen LogP contribution in [0.2, 0.25) is 0 Å². The topological polar surface area (TPSA) is 260 Å². The van der Waals surface area contributed by atoms with Crippen molar-refractivity contribution in [3.05, 3.63) is 99.0 Å². The third-order valence-corrected chi connectivity index (χ3v) is 17.3. The first-order valence-electron chi connectivity index (χ1n) is 30.0. The van der Waals surface area contributed by atoms with Crippen LogP contribution < -0.4 is 26.6 Å². The maximum Gasteiger partial charge on any atom is 0.258 e. The molecule has 2 aliphatic carbocycles. The van der Waals surface area contributed by atoms with Crippen LogP contribution in [-0.4, -0.2) is 171 Å². The summed E-state index contributed by atoms with van der Waals surface area (Å²) in [4.78, 5) is 87.7. The molecule has 3 unspecified atom stereocenters. The summed E-state index contributed by atoms with van der Waals surface area (Å²) < 4.78 is 50.3. The lowest BCUT2D eigenvalue weighted by atomic mass is 9.85. The van der Waals surface area contributed by atoms with Gasteiger partial charge >= 0.3 is 0 Å². The van der Waals surface area contributed by atoms with Crippen LogP contribution in [0.3, 0.4) is 0 Å². The summed E-state index contributed by atoms with van der Waals surface area (Å²) in [6, 6.07) is 11.0. The number of hydrogen-bond donors (Lipinski definition) is 5. The fourth-order valence-corrected chi connectivity index (χ4v) is 12.0. The molecular formula is C63H86FN7O13S. The number of likely N-dealkylation sites (tertiary alicyclic amines) is 1. The number of aromatic nitrogens is 1. The number of allylic oxidation sites excluding steroid dienone is 2. The summed E-state index contributed by atoms with van der Waals surface area (Å²) in [6.45, 7) is 13.1. The van der Waals surface area contributed by atoms with Gasteiger partial charge in [0.25, 0.3) is 5.91 Å². The molecule has 22 heteroatoms. The highest BCUT2D eigenvalue weighted by Gasteiger charge is 2.53. The number of carbonyl (C=O) groups is 6. The number of aryl methyl sites for hydroxylation is 3. The minimum absolute atomic E-state index is 0.0247. The van der Waals surface area contributed by atoms with Gasteiger partial charge in [-0.3, -0.25) is 33.7 Å². The first-order valence-corrected chi connectivity index (χ1v) is 30.9. The van der Waals surface area contributed by atoms with Crippen molar-refractivity contribution in [2.45, 2.75) is 160 Å². The summed E-state index contributed by atoms with van der Waals surface area (Å²) >= 11 is 1.53. The van der Waals surface area contributed by atoms with Crippen LogP contribution in [0.4, 0.5) is 10.1 Å². The zero-order valence-electron chi connectivity index (χ0n) is 49.8. The summed E-state index contributed by atoms with van der Waals surface area (Å²) in [6.07, 6.45) is 8.86. The SMILES string of the molecule is Cc1ncsc1C1=CC(OCCOCCOCCOCCOCCCc2ccc(CO[C@H](C)C(CCC(N)=O)NC(=O)[C@@H]3Cc4cccc5c4N3C(=O)CCC5)cc2)C(CNC(=O)[C@@H]2C[C@@H](O)CN2C(=O)[C@@H](NC(=O)C2(F)CC2)C(C)(C)C)C=C1. The van der Waals surface area contributed by atoms with Crippen LogP contribution in [-0.2, 0) is 83.1 Å². The molecule has 3 aliphatic heterocycles. The van der Waals surface area contributed by atoms with Gasteiger partial charge in [-0.25, -0.2) is 9.37 Å². The van der Waals surface area contributed by atoms with Gasteiger partial charge in [0.05, 0.1) is 106 Å². The Labute approximate surface area is 502 Å². The zero-order chi connectivity index (χ0) is 60.7. The van der Waals surface area contributed by atoms with Crippen LogP contribution >= 0.6 is 11.3 Å². The predicted octanol–water partition coefficient (Wildman–Crippen LogP) is 5.17. The number of β-amino-alcohol motifs (C(OH)–C–C–N with tert-alkyl or cyclic N) is 1. The van der Waals surface area contributed by atoms with Gasteiger partial charge in [0.1, 0.15) is 18.1 Å². The monoisotopic (exact) mass is 1200 g/mol. The van der Waals surface area contributed by atoms with E-state index in [4.69, 9.17) is 34.2 Å². The van der Waals surface area contributed by atoms with Gasteiger partial charge in [0, 0.05) is 51.3 Å². The third kappa shape index (κ3) is 18.1. The fourth-order valence-electron chi connectivity index (χ4n) is 11.2. The largest absolute Gasteiger partial charge is 0.391 e. The number of para-hydroxylation sites is 1. The second-order valence-corrected chi connectivity index (χ2v) is 24.7. The lowest BCUT2D eigenvalue weighted by Gasteiger charge is -2.35. The summed E-state index contributed by atoms with van der Waals surface area (Å²) in [5.41, 5.74) is 11.5. The molecule has 2 fully saturated rings. The number of nitrogens with two attached hydrogens (primary N) is 1. The average Bonchev–Trinajstić information content (AvgIpc) is 2.02. The van der Waals surface area contributed by atoms with Crippen LogP contribution in [0, 0.1) is 18.3 Å². The number of thiazole rings is 1. The number of halogens is 1. The first kappa shape index (κ1) is 65.0. The van der Waals surface area contributed by atoms with E-state index < -0.39 is 77.2 Å². The number of primary amides is 1. The first-order chi connectivity index (χ1) is 40.8. The Morgan fingerprint density at radius 1 is 0.882 bits per heavy atom. The smallest absolute Gasteiger partial charge is 0.258 e. The molecule has 4 heterocycles. The van der Waals surface area contributed by atoms with Crippen molar-refractivity contribution < 1.29 is 66.7 Å². The fraction of sp³-hybridized carbons (Fsp3) is 0.603. The van der Waals surface area contributed by atoms with Gasteiger partial charge in [-0.2, -0.15) is 0 Å². The molecule has 20 nitrogen and oxygen atoms in total. The quantitative estimate of drug-likeness (QED) is 0.0494. The summed E-state index contributed by atoms with van der Waals surface area (Å²) in [5.74, 6) is -2.87. The Morgan fingerprint density at radius 3 is 2.21 bits per heavy atom. The molecular weight excluding hydrogens is 1110 g/mol. The number of anilines is 1. The normalized spacial score (nSPS) is 21.6. The van der Waals surface area contributed by atoms with Gasteiger partial charge in [0.15, 0.2) is 5.67 Å². The van der Waals surface area contributed by atoms with Crippen molar-refractivity contribution in [3.63, 3.8) is 0 Å². The van der Waals surface area contributed by atoms with Crippen molar-refractivity contribution in [2.75, 3.05) is 77.5 Å². The van der Waals surface area contributed by atoms with E-state index in [1.807, 2.05) is 62.4 Å². The Balaban J connectivity index is 0.668. The molecule has 85 heavy (non-hydrogen) atoms. The molecule has 5 aliphatic rings. The Bertz CT molecular complexity index is 2840. The number of ether oxygens (including phenoxy) is 6. The number of alkyl halides is 1. The van der Waals surface area contributed by atoms with Crippen molar-refractivity contribution in [3.8, 4) is 0 Å². The molecule has 6 amide bonds. The molecule has 1 saturated heterocycles. The van der Waals surface area contributed by atoms with Gasteiger partial charge < -0.3 is 60.1 Å². The standard InChI is InChI=1S/C63H86FN7O13S/c1-40-56(85-39-67-40)46-18-19-47(36-66-58(75)50-35-48(72)37-70(50)60(77)57(62(3,4)5)69-61(78)63(64)22-23-63)52(34-46)83-32-31-82-30-29-81-28-27-80-26-25-79-24-8-9-42-14-16-43(17-15-42)38-84-41(2)49(20-21-53(65)73)68-59(76)51-33-45-12-6-10-44-11-7-13-54(74)71(51)55(44)45/h6,10,12,14-19,34,39,41,47-52,57,72H,7-9,11,13,20-33,35-38H2,1-5H3,(H2,65,73)(H,66,75)(H,68,76)(H,69,78)/t41-,47?,48-,49?,50+,51+,52?,57-/m1/s1. The second kappa shape index (κ2) is 30.6. The maximum atomic E-state index is 14.7. The average molecular weight is 1200 g/mol. The van der Waals surface area contributed by atoms with Gasteiger partial charge in [-0.05, 0) is 98.1 Å². The lowest BCUT2D eigenvalue weighted by molar-refractivity contribution is -0.145. The van der Waals surface area contributed by atoms with E-state index in [1.165, 1.54) is 21.8 Å². The van der Waals surface area contributed by atoms with Crippen molar-refractivity contribution in [2.24, 2.45) is 17.1 Å². The molecule has 1 aromatic heterocycles. The number of amides is 6. The van der Waals surface area contributed by atoms with E-state index in [-0.39, 0.29) is 63.1 Å². The van der Waals surface area contributed by atoms with Gasteiger partial charge in [0.2, 0.25) is 29.5 Å². The predicted molar refractivity (Wildman–Crippen MR) is 318 cm³/mol. The van der Waals surface area contributed by atoms with Crippen molar-refractivity contribution >= 4 is 58.0 Å². The maximum absolute atomic E-state index is 14.7. The van der Waals surface area contributed by atoms with Crippen molar-refractivity contribution in [1.82, 2.24) is 25.8 Å². The lowest BCUT2D eigenvalue weighted by Crippen LogP contribution is -2.59. The Kier molecular flexibility index (Phi) is 23.4. The van der Waals surface area contributed by atoms with E-state index in [1.54, 1.807) is 31.2 Å². The molecule has 2 aromatic carbocycles. The third-order valence-electron chi connectivity index (χ3n) is 16.3. The van der Waals surface area contributed by atoms with E-state index >= 15 is 0 Å². The van der Waals surface area contributed by atoms with E-state index in [2.05, 4.69) is 33.1 Å². The van der Waals surface area contributed by atoms with Gasteiger partial charge in [-0.15, -0.1) is 11.3 Å². The van der Waals surface area contributed by atoms with E-state index in [0.29, 0.717) is 78.7 Å². The number of hydrogen-bond acceptors (Lipinski definition) is 15. The molecule has 0 bridgehead atoms. The number of carbonyl (C=O) groups excluding carboxylic acids is 6. The molecule has 1 saturated carbocycles. The van der Waals surface area contributed by atoms with Gasteiger partial charge in [-0.1, -0.05) is 75.4 Å². The van der Waals surface area contributed by atoms with Crippen LogP contribution in [0.25, 0.3) is 5.57 Å². The number of nitrogens with zero attached hydrogens (tertiary/aromatic N) is 3. The molecule has 8 rings (SSSR count). The number of benzene rings is 2. The van der Waals surface area contributed by atoms with Crippen molar-refractivity contribution in [1.29, 1.82) is 0 Å². The van der Waals surface area contributed by atoms with Crippen LogP contribution in [0.5, 0.6) is 0 Å². The molecule has 0 radical (unpaired) electrons. The molecule has 8 atom stereocenters. The Hall–Kier alpha value is -5.98. The van der Waals surface area contributed by atoms with E-state index in [0.717, 1.165) is 64.2 Å². The summed E-state index contributed by atoms with van der Waals surface area (Å²) in [5, 5.41) is 19.3. The molecule has 464 valence electrons. The highest BCUT2D eigenvalue weighted by Crippen LogP contribution is 2.41. The van der Waals surface area contributed by atoms with E-state index in [9.17, 15) is 38.3 Å². The number of aliphatic hydroxyl groups excluding tert-OH is 1. The minimum Gasteiger partial charge on any atom is -0.391 e. The molecule has 3 aromatic rings. The van der Waals surface area contributed by atoms with Crippen LogP contribution in [0.1, 0.15) is 112 Å².